The molecule has 0 radical (unpaired) electrons. The molecule has 120 valence electrons. The maximum Gasteiger partial charge on any atom is 0.311 e. The van der Waals surface area contributed by atoms with Crippen molar-refractivity contribution in [2.75, 3.05) is 25.7 Å². The number of sulfone groups is 1. The van der Waals surface area contributed by atoms with Crippen LogP contribution < -0.4 is 4.74 Å². The molecule has 1 aromatic carbocycles. The highest BCUT2D eigenvalue weighted by atomic mass is 32.2. The van der Waals surface area contributed by atoms with Gasteiger partial charge >= 0.3 is 5.69 Å². The van der Waals surface area contributed by atoms with E-state index in [9.17, 15) is 23.3 Å². The average molecular weight is 328 g/mol. The number of nitro benzene ring substituents is 1. The molecule has 0 N–H and O–H groups in total. The first-order valence-electron chi connectivity index (χ1n) is 6.55. The molecule has 2 rings (SSSR count). The number of benzene rings is 1. The summed E-state index contributed by atoms with van der Waals surface area (Å²) in [5, 5.41) is 11.0. The van der Waals surface area contributed by atoms with Gasteiger partial charge in [-0.05, 0) is 18.6 Å². The Labute approximate surface area is 127 Å². The summed E-state index contributed by atoms with van der Waals surface area (Å²) >= 11 is 0. The molecule has 1 atom stereocenters. The van der Waals surface area contributed by atoms with Gasteiger partial charge in [0, 0.05) is 24.7 Å². The summed E-state index contributed by atoms with van der Waals surface area (Å²) in [5.74, 6) is -0.411. The molecule has 22 heavy (non-hydrogen) atoms. The van der Waals surface area contributed by atoms with Crippen LogP contribution >= 0.6 is 0 Å². The van der Waals surface area contributed by atoms with Crippen LogP contribution in [-0.4, -0.2) is 55.9 Å². The summed E-state index contributed by atoms with van der Waals surface area (Å²) in [5.41, 5.74) is -0.180. The van der Waals surface area contributed by atoms with E-state index in [2.05, 4.69) is 0 Å². The molecule has 1 aliphatic heterocycles. The highest BCUT2D eigenvalue weighted by Crippen LogP contribution is 2.28. The van der Waals surface area contributed by atoms with Gasteiger partial charge in [-0.15, -0.1) is 0 Å². The second-order valence-corrected chi connectivity index (χ2v) is 7.35. The molecule has 0 aromatic heterocycles. The van der Waals surface area contributed by atoms with Crippen LogP contribution in [0, 0.1) is 10.1 Å². The molecule has 0 bridgehead atoms. The maximum absolute atomic E-state index is 12.4. The molecule has 1 aliphatic rings. The molecule has 1 aromatic rings. The number of rotatable bonds is 4. The van der Waals surface area contributed by atoms with Crippen molar-refractivity contribution in [3.8, 4) is 5.75 Å². The van der Waals surface area contributed by atoms with Gasteiger partial charge in [-0.3, -0.25) is 14.9 Å². The normalized spacial score (nSPS) is 19.6. The van der Waals surface area contributed by atoms with Crippen molar-refractivity contribution in [1.29, 1.82) is 0 Å². The first-order chi connectivity index (χ1) is 10.2. The summed E-state index contributed by atoms with van der Waals surface area (Å²) in [7, 11) is -0.302. The number of carbonyl (C=O) groups is 1. The molecule has 0 aliphatic carbocycles. The van der Waals surface area contributed by atoms with E-state index in [1.807, 2.05) is 0 Å². The number of nitrogens with zero attached hydrogens (tertiary/aromatic N) is 2. The van der Waals surface area contributed by atoms with Crippen molar-refractivity contribution in [3.05, 3.63) is 33.9 Å². The van der Waals surface area contributed by atoms with Crippen molar-refractivity contribution < 1.29 is 22.9 Å². The van der Waals surface area contributed by atoms with Crippen molar-refractivity contribution in [2.24, 2.45) is 0 Å². The molecular weight excluding hydrogens is 312 g/mol. The molecule has 0 saturated carbocycles. The van der Waals surface area contributed by atoms with E-state index in [1.165, 1.54) is 31.2 Å². The Balaban J connectivity index is 2.26. The number of methoxy groups -OCH3 is 1. The van der Waals surface area contributed by atoms with E-state index in [-0.39, 0.29) is 28.5 Å². The predicted molar refractivity (Wildman–Crippen MR) is 78.8 cm³/mol. The summed E-state index contributed by atoms with van der Waals surface area (Å²) in [6, 6.07) is 3.51. The molecule has 0 spiro atoms. The zero-order valence-electron chi connectivity index (χ0n) is 12.2. The van der Waals surface area contributed by atoms with Crippen molar-refractivity contribution in [1.82, 2.24) is 4.90 Å². The number of hydrogen-bond acceptors (Lipinski definition) is 6. The minimum atomic E-state index is -3.11. The van der Waals surface area contributed by atoms with Gasteiger partial charge < -0.3 is 9.64 Å². The third kappa shape index (κ3) is 3.19. The highest BCUT2D eigenvalue weighted by Gasteiger charge is 2.33. The van der Waals surface area contributed by atoms with Crippen molar-refractivity contribution in [2.45, 2.75) is 12.5 Å². The smallest absolute Gasteiger partial charge is 0.311 e. The monoisotopic (exact) mass is 328 g/mol. The molecule has 9 heteroatoms. The van der Waals surface area contributed by atoms with Crippen LogP contribution in [0.15, 0.2) is 18.2 Å². The first-order valence-corrected chi connectivity index (χ1v) is 8.37. The van der Waals surface area contributed by atoms with E-state index in [0.717, 1.165) is 6.07 Å². The number of carbonyl (C=O) groups excluding carboxylic acids is 1. The van der Waals surface area contributed by atoms with Gasteiger partial charge in [0.05, 0.1) is 23.5 Å². The van der Waals surface area contributed by atoms with E-state index < -0.39 is 26.7 Å². The van der Waals surface area contributed by atoms with Gasteiger partial charge in [0.1, 0.15) is 0 Å². The minimum Gasteiger partial charge on any atom is -0.490 e. The van der Waals surface area contributed by atoms with Crippen LogP contribution in [-0.2, 0) is 9.84 Å². The van der Waals surface area contributed by atoms with Crippen LogP contribution in [0.3, 0.4) is 0 Å². The van der Waals surface area contributed by atoms with Crippen LogP contribution in [0.1, 0.15) is 16.8 Å². The molecular formula is C13H16N2O6S. The molecule has 1 amide bonds. The fourth-order valence-corrected chi connectivity index (χ4v) is 4.19. The Morgan fingerprint density at radius 3 is 2.64 bits per heavy atom. The van der Waals surface area contributed by atoms with E-state index in [4.69, 9.17) is 4.74 Å². The third-order valence-corrected chi connectivity index (χ3v) is 5.45. The summed E-state index contributed by atoms with van der Waals surface area (Å²) in [4.78, 5) is 24.1. The Morgan fingerprint density at radius 1 is 1.45 bits per heavy atom. The maximum atomic E-state index is 12.4. The van der Waals surface area contributed by atoms with Gasteiger partial charge in [0.25, 0.3) is 5.91 Å². The average Bonchev–Trinajstić information content (AvgIpc) is 2.85. The summed E-state index contributed by atoms with van der Waals surface area (Å²) in [6.07, 6.45) is 0.378. The van der Waals surface area contributed by atoms with Crippen LogP contribution in [0.4, 0.5) is 5.69 Å². The quantitative estimate of drug-likeness (QED) is 0.599. The fourth-order valence-electron chi connectivity index (χ4n) is 2.42. The van der Waals surface area contributed by atoms with Gasteiger partial charge in [0.15, 0.2) is 15.6 Å². The summed E-state index contributed by atoms with van der Waals surface area (Å²) < 4.78 is 27.9. The largest absolute Gasteiger partial charge is 0.490 e. The third-order valence-electron chi connectivity index (χ3n) is 3.70. The van der Waals surface area contributed by atoms with E-state index in [1.54, 1.807) is 0 Å². The van der Waals surface area contributed by atoms with Crippen LogP contribution in [0.25, 0.3) is 0 Å². The van der Waals surface area contributed by atoms with Crippen molar-refractivity contribution >= 4 is 21.4 Å². The molecule has 8 nitrogen and oxygen atoms in total. The summed E-state index contributed by atoms with van der Waals surface area (Å²) in [6.45, 7) is 0. The Hall–Kier alpha value is -2.16. The Bertz CT molecular complexity index is 715. The lowest BCUT2D eigenvalue weighted by atomic mass is 10.1. The lowest BCUT2D eigenvalue weighted by Crippen LogP contribution is -2.37. The second-order valence-electron chi connectivity index (χ2n) is 5.12. The number of hydrogen-bond donors (Lipinski definition) is 0. The van der Waals surface area contributed by atoms with Gasteiger partial charge in [0.2, 0.25) is 0 Å². The van der Waals surface area contributed by atoms with Gasteiger partial charge in [-0.2, -0.15) is 0 Å². The molecule has 1 fully saturated rings. The highest BCUT2D eigenvalue weighted by molar-refractivity contribution is 7.91. The molecule has 1 heterocycles. The molecule has 1 unspecified atom stereocenters. The number of amides is 1. The topological polar surface area (TPSA) is 107 Å². The Kier molecular flexibility index (Phi) is 4.36. The number of ether oxygens (including phenoxy) is 1. The standard InChI is InChI=1S/C13H16N2O6S/c1-14(10-5-6-22(19,20)8-10)13(16)9-3-4-12(21-2)11(7-9)15(17)18/h3-4,7,10H,5-6,8H2,1-2H3. The van der Waals surface area contributed by atoms with E-state index in [0.29, 0.717) is 6.42 Å². The zero-order valence-corrected chi connectivity index (χ0v) is 13.0. The SMILES string of the molecule is COc1ccc(C(=O)N(C)C2CCS(=O)(=O)C2)cc1[N+](=O)[O-]. The number of nitro groups is 1. The second kappa shape index (κ2) is 5.91. The van der Waals surface area contributed by atoms with Gasteiger partial charge in [-0.25, -0.2) is 8.42 Å². The van der Waals surface area contributed by atoms with Crippen molar-refractivity contribution in [3.63, 3.8) is 0 Å². The minimum absolute atomic E-state index is 0.0536. The van der Waals surface area contributed by atoms with Crippen LogP contribution in [0.5, 0.6) is 5.75 Å². The van der Waals surface area contributed by atoms with Gasteiger partial charge in [-0.1, -0.05) is 0 Å². The first kappa shape index (κ1) is 16.2. The Morgan fingerprint density at radius 2 is 2.14 bits per heavy atom. The van der Waals surface area contributed by atoms with Crippen LogP contribution in [0.2, 0.25) is 0 Å². The fraction of sp³-hybridized carbons (Fsp3) is 0.462. The predicted octanol–water partition coefficient (Wildman–Crippen LogP) is 0.862. The molecule has 1 saturated heterocycles. The lowest BCUT2D eigenvalue weighted by Gasteiger charge is -2.23. The van der Waals surface area contributed by atoms with E-state index >= 15 is 0 Å². The lowest BCUT2D eigenvalue weighted by molar-refractivity contribution is -0.385. The zero-order chi connectivity index (χ0) is 16.5.